The molecule has 0 aliphatic carbocycles. The summed E-state index contributed by atoms with van der Waals surface area (Å²) in [5, 5.41) is 0. The molecule has 0 aromatic rings. The Hall–Kier alpha value is 0.0700. The fraction of sp³-hybridized carbons (Fsp3) is 1.00. The van der Waals surface area contributed by atoms with Crippen molar-refractivity contribution in [3.8, 4) is 0 Å². The number of morpholine rings is 1. The maximum atomic E-state index is 12.7. The first-order chi connectivity index (χ1) is 9.20. The van der Waals surface area contributed by atoms with E-state index in [4.69, 9.17) is 13.8 Å². The van der Waals surface area contributed by atoms with Crippen LogP contribution >= 0.6 is 7.60 Å². The predicted molar refractivity (Wildman–Crippen MR) is 75.7 cm³/mol. The van der Waals surface area contributed by atoms with Crippen molar-refractivity contribution in [3.63, 3.8) is 0 Å². The largest absolute Gasteiger partial charge is 0.384 e. The fourth-order valence-corrected chi connectivity index (χ4v) is 3.85. The summed E-state index contributed by atoms with van der Waals surface area (Å²) in [6.07, 6.45) is 4.42. The molecule has 0 spiro atoms. The molecule has 1 saturated heterocycles. The van der Waals surface area contributed by atoms with Gasteiger partial charge in [0.2, 0.25) is 0 Å². The molecule has 0 bridgehead atoms. The number of nitrogens with one attached hydrogen (secondary N) is 1. The lowest BCUT2D eigenvalue weighted by atomic mass is 10.4. The number of ether oxygens (including phenoxy) is 1. The van der Waals surface area contributed by atoms with Crippen LogP contribution in [0.3, 0.4) is 0 Å². The van der Waals surface area contributed by atoms with Crippen molar-refractivity contribution in [3.05, 3.63) is 0 Å². The molecule has 0 radical (unpaired) electrons. The van der Waals surface area contributed by atoms with Gasteiger partial charge in [0.25, 0.3) is 0 Å². The smallest absolute Gasteiger partial charge is 0.370 e. The molecule has 0 aromatic carbocycles. The molecular formula is C13H29NO4P+. The minimum absolute atomic E-state index is 0.476. The lowest BCUT2D eigenvalue weighted by Crippen LogP contribution is -3.13. The van der Waals surface area contributed by atoms with Crippen LogP contribution in [0, 0.1) is 0 Å². The van der Waals surface area contributed by atoms with E-state index in [0.29, 0.717) is 19.5 Å². The van der Waals surface area contributed by atoms with Gasteiger partial charge in [-0.05, 0) is 12.8 Å². The standard InChI is InChI=1S/C13H28NO4P/c1-3-5-9-17-19(15,18-10-6-4-2)13-14-7-11-16-12-8-14/h3-13H2,1-2H3/p+1. The van der Waals surface area contributed by atoms with E-state index in [2.05, 4.69) is 13.8 Å². The number of hydrogen-bond donors (Lipinski definition) is 1. The molecule has 19 heavy (non-hydrogen) atoms. The van der Waals surface area contributed by atoms with E-state index in [0.717, 1.165) is 52.0 Å². The Labute approximate surface area is 117 Å². The molecular weight excluding hydrogens is 265 g/mol. The second kappa shape index (κ2) is 9.89. The summed E-state index contributed by atoms with van der Waals surface area (Å²) in [5.74, 6) is 0. The zero-order chi connectivity index (χ0) is 14.0. The van der Waals surface area contributed by atoms with Crippen LogP contribution in [0.1, 0.15) is 39.5 Å². The minimum atomic E-state index is -2.94. The molecule has 1 rings (SSSR count). The summed E-state index contributed by atoms with van der Waals surface area (Å²) in [5.41, 5.74) is 0. The number of hydrogen-bond acceptors (Lipinski definition) is 4. The van der Waals surface area contributed by atoms with Crippen LogP contribution < -0.4 is 4.90 Å². The third kappa shape index (κ3) is 7.42. The zero-order valence-electron chi connectivity index (χ0n) is 12.4. The maximum absolute atomic E-state index is 12.7. The van der Waals surface area contributed by atoms with E-state index in [9.17, 15) is 4.57 Å². The SMILES string of the molecule is CCCCOP(=O)(C[NH+]1CCOCC1)OCCCC. The monoisotopic (exact) mass is 294 g/mol. The van der Waals surface area contributed by atoms with Gasteiger partial charge < -0.3 is 18.7 Å². The van der Waals surface area contributed by atoms with Gasteiger partial charge in [-0.25, -0.2) is 0 Å². The van der Waals surface area contributed by atoms with Crippen molar-refractivity contribution in [1.82, 2.24) is 0 Å². The van der Waals surface area contributed by atoms with Crippen LogP contribution in [0.4, 0.5) is 0 Å². The Morgan fingerprint density at radius 2 is 1.58 bits per heavy atom. The van der Waals surface area contributed by atoms with E-state index in [1.54, 1.807) is 0 Å². The average molecular weight is 294 g/mol. The second-order valence-corrected chi connectivity index (χ2v) is 7.06. The van der Waals surface area contributed by atoms with Gasteiger partial charge in [-0.15, -0.1) is 0 Å². The number of rotatable bonds is 10. The first-order valence-electron chi connectivity index (χ1n) is 7.49. The Balaban J connectivity index is 2.43. The van der Waals surface area contributed by atoms with Crippen molar-refractivity contribution in [2.24, 2.45) is 0 Å². The van der Waals surface area contributed by atoms with Crippen molar-refractivity contribution < 1.29 is 23.2 Å². The lowest BCUT2D eigenvalue weighted by molar-refractivity contribution is -0.897. The summed E-state index contributed by atoms with van der Waals surface area (Å²) in [6.45, 7) is 8.50. The predicted octanol–water partition coefficient (Wildman–Crippen LogP) is 1.69. The first kappa shape index (κ1) is 17.1. The summed E-state index contributed by atoms with van der Waals surface area (Å²) >= 11 is 0. The van der Waals surface area contributed by atoms with E-state index in [-0.39, 0.29) is 0 Å². The molecule has 0 unspecified atom stereocenters. The summed E-state index contributed by atoms with van der Waals surface area (Å²) in [7, 11) is -2.94. The van der Waals surface area contributed by atoms with Crippen molar-refractivity contribution in [2.45, 2.75) is 39.5 Å². The van der Waals surface area contributed by atoms with Crippen LogP contribution in [0.25, 0.3) is 0 Å². The van der Waals surface area contributed by atoms with E-state index >= 15 is 0 Å². The van der Waals surface area contributed by atoms with Crippen molar-refractivity contribution in [1.29, 1.82) is 0 Å². The van der Waals surface area contributed by atoms with Gasteiger partial charge in [-0.1, -0.05) is 26.7 Å². The minimum Gasteiger partial charge on any atom is -0.370 e. The Bertz CT molecular complexity index is 255. The van der Waals surface area contributed by atoms with Crippen molar-refractivity contribution in [2.75, 3.05) is 45.8 Å². The molecule has 1 fully saturated rings. The Kier molecular flexibility index (Phi) is 8.92. The highest BCUT2D eigenvalue weighted by Gasteiger charge is 2.31. The lowest BCUT2D eigenvalue weighted by Gasteiger charge is -2.27. The van der Waals surface area contributed by atoms with Gasteiger partial charge >= 0.3 is 7.60 Å². The van der Waals surface area contributed by atoms with Crippen LogP contribution in [0.5, 0.6) is 0 Å². The van der Waals surface area contributed by atoms with E-state index in [1.807, 2.05) is 0 Å². The molecule has 0 atom stereocenters. The molecule has 1 aliphatic rings. The quantitative estimate of drug-likeness (QED) is 0.492. The van der Waals surface area contributed by atoms with Gasteiger partial charge in [0.15, 0.2) is 6.29 Å². The molecule has 114 valence electrons. The fourth-order valence-electron chi connectivity index (χ4n) is 1.92. The normalized spacial score (nSPS) is 17.8. The summed E-state index contributed by atoms with van der Waals surface area (Å²) in [6, 6.07) is 0. The van der Waals surface area contributed by atoms with Crippen LogP contribution in [-0.4, -0.2) is 45.8 Å². The third-order valence-electron chi connectivity index (χ3n) is 3.19. The number of unbranched alkanes of at least 4 members (excludes halogenated alkanes) is 2. The Morgan fingerprint density at radius 3 is 2.05 bits per heavy atom. The van der Waals surface area contributed by atoms with E-state index in [1.165, 1.54) is 4.90 Å². The molecule has 1 N–H and O–H groups in total. The van der Waals surface area contributed by atoms with Crippen LogP contribution in [0.15, 0.2) is 0 Å². The van der Waals surface area contributed by atoms with Gasteiger partial charge in [0.05, 0.1) is 26.4 Å². The second-order valence-electron chi connectivity index (χ2n) is 5.00. The van der Waals surface area contributed by atoms with Gasteiger partial charge in [0.1, 0.15) is 13.1 Å². The summed E-state index contributed by atoms with van der Waals surface area (Å²) in [4.78, 5) is 1.27. The molecule has 1 aliphatic heterocycles. The van der Waals surface area contributed by atoms with Crippen LogP contribution in [0.2, 0.25) is 0 Å². The molecule has 0 aromatic heterocycles. The average Bonchev–Trinajstić information content (AvgIpc) is 2.40. The molecule has 0 saturated carbocycles. The highest BCUT2D eigenvalue weighted by Crippen LogP contribution is 2.46. The zero-order valence-corrected chi connectivity index (χ0v) is 13.3. The maximum Gasteiger partial charge on any atom is 0.384 e. The molecule has 0 amide bonds. The Morgan fingerprint density at radius 1 is 1.05 bits per heavy atom. The molecule has 1 heterocycles. The van der Waals surface area contributed by atoms with Gasteiger partial charge in [-0.2, -0.15) is 0 Å². The van der Waals surface area contributed by atoms with E-state index < -0.39 is 7.60 Å². The van der Waals surface area contributed by atoms with Gasteiger partial charge in [0, 0.05) is 0 Å². The summed E-state index contributed by atoms with van der Waals surface area (Å²) < 4.78 is 29.2. The first-order valence-corrected chi connectivity index (χ1v) is 9.22. The topological polar surface area (TPSA) is 49.2 Å². The molecule has 5 nitrogen and oxygen atoms in total. The number of quaternary nitrogens is 1. The highest BCUT2D eigenvalue weighted by atomic mass is 31.2. The third-order valence-corrected chi connectivity index (χ3v) is 5.18. The highest BCUT2D eigenvalue weighted by molar-refractivity contribution is 7.53. The van der Waals surface area contributed by atoms with Crippen LogP contribution in [-0.2, 0) is 18.3 Å². The van der Waals surface area contributed by atoms with Crippen molar-refractivity contribution >= 4 is 7.60 Å². The molecule has 6 heteroatoms. The van der Waals surface area contributed by atoms with Gasteiger partial charge in [-0.3, -0.25) is 4.57 Å².